The number of hydrogen-bond acceptors (Lipinski definition) is 3. The highest BCUT2D eigenvalue weighted by molar-refractivity contribution is 7.89. The lowest BCUT2D eigenvalue weighted by atomic mass is 10.2. The lowest BCUT2D eigenvalue weighted by molar-refractivity contribution is 0.461. The number of nitrogens with two attached hydrogens (primary N) is 1. The fraction of sp³-hybridized carbons (Fsp3) is 0.385. The molecule has 2 N–H and O–H groups in total. The van der Waals surface area contributed by atoms with Gasteiger partial charge in [-0.25, -0.2) is 17.1 Å². The summed E-state index contributed by atoms with van der Waals surface area (Å²) < 4.78 is 39.1. The third-order valence-electron chi connectivity index (χ3n) is 2.82. The molecular weight excluding hydrogens is 267 g/mol. The zero-order valence-electron chi connectivity index (χ0n) is 11.0. The smallest absolute Gasteiger partial charge is 0.243 e. The molecule has 0 amide bonds. The van der Waals surface area contributed by atoms with Gasteiger partial charge in [-0.15, -0.1) is 6.58 Å². The molecule has 1 rings (SSSR count). The highest BCUT2D eigenvalue weighted by Gasteiger charge is 2.23. The second-order valence-corrected chi connectivity index (χ2v) is 6.23. The van der Waals surface area contributed by atoms with Crippen molar-refractivity contribution >= 4 is 10.0 Å². The molecule has 0 aromatic heterocycles. The zero-order valence-corrected chi connectivity index (χ0v) is 11.8. The van der Waals surface area contributed by atoms with Crippen molar-refractivity contribution in [1.82, 2.24) is 4.31 Å². The van der Waals surface area contributed by atoms with Crippen LogP contribution in [0.2, 0.25) is 0 Å². The Morgan fingerprint density at radius 1 is 1.47 bits per heavy atom. The van der Waals surface area contributed by atoms with Gasteiger partial charge in [0.25, 0.3) is 0 Å². The van der Waals surface area contributed by atoms with E-state index in [1.54, 1.807) is 6.08 Å². The normalized spacial score (nSPS) is 11.8. The molecule has 0 aliphatic carbocycles. The molecule has 0 fully saturated rings. The van der Waals surface area contributed by atoms with Crippen LogP contribution in [0.1, 0.15) is 18.4 Å². The minimum absolute atomic E-state index is 0.0509. The molecule has 4 nitrogen and oxygen atoms in total. The average Bonchev–Trinajstić information content (AvgIpc) is 2.38. The van der Waals surface area contributed by atoms with Crippen LogP contribution in [-0.4, -0.2) is 26.3 Å². The molecule has 0 atom stereocenters. The number of unbranched alkanes of at least 4 members (excludes halogenated alkanes) is 1. The van der Waals surface area contributed by atoms with Crippen LogP contribution in [-0.2, 0) is 16.6 Å². The standard InChI is InChI=1S/C13H19FN2O2S/c1-3-4-5-8-16(2)19(17,18)13-9-12(14)7-6-11(13)10-15/h3,6-7,9H,1,4-5,8,10,15H2,2H3. The van der Waals surface area contributed by atoms with E-state index < -0.39 is 15.8 Å². The van der Waals surface area contributed by atoms with Crippen molar-refractivity contribution in [3.05, 3.63) is 42.2 Å². The molecule has 0 spiro atoms. The molecule has 0 bridgehead atoms. The summed E-state index contributed by atoms with van der Waals surface area (Å²) in [6.45, 7) is 3.99. The summed E-state index contributed by atoms with van der Waals surface area (Å²) in [6, 6.07) is 3.63. The predicted molar refractivity (Wildman–Crippen MR) is 73.5 cm³/mol. The van der Waals surface area contributed by atoms with Gasteiger partial charge >= 0.3 is 0 Å². The van der Waals surface area contributed by atoms with E-state index in [4.69, 9.17) is 5.73 Å². The SMILES string of the molecule is C=CCCCN(C)S(=O)(=O)c1cc(F)ccc1CN. The van der Waals surface area contributed by atoms with E-state index in [2.05, 4.69) is 6.58 Å². The van der Waals surface area contributed by atoms with Gasteiger partial charge in [-0.05, 0) is 30.5 Å². The zero-order chi connectivity index (χ0) is 14.5. The second kappa shape index (κ2) is 6.79. The minimum Gasteiger partial charge on any atom is -0.326 e. The first-order valence-corrected chi connectivity index (χ1v) is 7.43. The van der Waals surface area contributed by atoms with E-state index in [1.807, 2.05) is 0 Å². The largest absolute Gasteiger partial charge is 0.326 e. The Hall–Kier alpha value is -1.24. The summed E-state index contributed by atoms with van der Waals surface area (Å²) in [7, 11) is -2.23. The van der Waals surface area contributed by atoms with Crippen LogP contribution in [0.3, 0.4) is 0 Å². The summed E-state index contributed by atoms with van der Waals surface area (Å²) in [6.07, 6.45) is 3.13. The lowest BCUT2D eigenvalue weighted by Crippen LogP contribution is -2.29. The van der Waals surface area contributed by atoms with Crippen LogP contribution in [0, 0.1) is 5.82 Å². The first-order valence-electron chi connectivity index (χ1n) is 5.99. The van der Waals surface area contributed by atoms with Gasteiger partial charge < -0.3 is 5.73 Å². The fourth-order valence-corrected chi connectivity index (χ4v) is 3.13. The van der Waals surface area contributed by atoms with Crippen molar-refractivity contribution in [2.75, 3.05) is 13.6 Å². The number of allylic oxidation sites excluding steroid dienone is 1. The Labute approximate surface area is 113 Å². The molecule has 0 saturated heterocycles. The third kappa shape index (κ3) is 3.86. The van der Waals surface area contributed by atoms with Crippen LogP contribution < -0.4 is 5.73 Å². The summed E-state index contributed by atoms with van der Waals surface area (Å²) in [5.74, 6) is -0.588. The minimum atomic E-state index is -3.71. The maximum absolute atomic E-state index is 13.2. The molecule has 0 aliphatic rings. The molecule has 0 unspecified atom stereocenters. The fourth-order valence-electron chi connectivity index (χ4n) is 1.68. The van der Waals surface area contributed by atoms with Crippen LogP contribution in [0.4, 0.5) is 4.39 Å². The van der Waals surface area contributed by atoms with Gasteiger partial charge in [0.1, 0.15) is 5.82 Å². The van der Waals surface area contributed by atoms with Gasteiger partial charge in [0, 0.05) is 20.1 Å². The monoisotopic (exact) mass is 286 g/mol. The van der Waals surface area contributed by atoms with Crippen molar-refractivity contribution < 1.29 is 12.8 Å². The van der Waals surface area contributed by atoms with E-state index in [1.165, 1.54) is 23.5 Å². The maximum Gasteiger partial charge on any atom is 0.243 e. The van der Waals surface area contributed by atoms with Crippen molar-refractivity contribution in [2.45, 2.75) is 24.3 Å². The van der Waals surface area contributed by atoms with Crippen molar-refractivity contribution in [3.8, 4) is 0 Å². The topological polar surface area (TPSA) is 63.4 Å². The van der Waals surface area contributed by atoms with E-state index in [9.17, 15) is 12.8 Å². The molecule has 1 aromatic carbocycles. The van der Waals surface area contributed by atoms with Gasteiger partial charge in [0.05, 0.1) is 4.90 Å². The molecule has 6 heteroatoms. The Morgan fingerprint density at radius 2 is 2.16 bits per heavy atom. The second-order valence-electron chi connectivity index (χ2n) is 4.21. The lowest BCUT2D eigenvalue weighted by Gasteiger charge is -2.18. The number of sulfonamides is 1. The first-order chi connectivity index (χ1) is 8.93. The molecule has 0 saturated carbocycles. The van der Waals surface area contributed by atoms with Crippen LogP contribution in [0.5, 0.6) is 0 Å². The number of nitrogens with zero attached hydrogens (tertiary/aromatic N) is 1. The van der Waals surface area contributed by atoms with Crippen LogP contribution >= 0.6 is 0 Å². The van der Waals surface area contributed by atoms with E-state index >= 15 is 0 Å². The molecule has 106 valence electrons. The molecule has 0 aliphatic heterocycles. The Kier molecular flexibility index (Phi) is 5.65. The average molecular weight is 286 g/mol. The number of benzene rings is 1. The van der Waals surface area contributed by atoms with Gasteiger partial charge in [-0.1, -0.05) is 12.1 Å². The van der Waals surface area contributed by atoms with Gasteiger partial charge in [0.15, 0.2) is 0 Å². The molecular formula is C13H19FN2O2S. The predicted octanol–water partition coefficient (Wildman–Crippen LogP) is 1.87. The first kappa shape index (κ1) is 15.8. The highest BCUT2D eigenvalue weighted by Crippen LogP contribution is 2.20. The quantitative estimate of drug-likeness (QED) is 0.615. The number of hydrogen-bond donors (Lipinski definition) is 1. The Balaban J connectivity index is 3.05. The Bertz CT molecular complexity index is 544. The molecule has 1 aromatic rings. The summed E-state index contributed by atoms with van der Waals surface area (Å²) >= 11 is 0. The van der Waals surface area contributed by atoms with Gasteiger partial charge in [-0.2, -0.15) is 0 Å². The van der Waals surface area contributed by atoms with Gasteiger partial charge in [0.2, 0.25) is 10.0 Å². The summed E-state index contributed by atoms with van der Waals surface area (Å²) in [4.78, 5) is -0.0592. The van der Waals surface area contributed by atoms with Crippen molar-refractivity contribution in [2.24, 2.45) is 5.73 Å². The van der Waals surface area contributed by atoms with Crippen molar-refractivity contribution in [3.63, 3.8) is 0 Å². The number of halogens is 1. The molecule has 0 heterocycles. The van der Waals surface area contributed by atoms with Gasteiger partial charge in [-0.3, -0.25) is 0 Å². The highest BCUT2D eigenvalue weighted by atomic mass is 32.2. The Morgan fingerprint density at radius 3 is 2.74 bits per heavy atom. The van der Waals surface area contributed by atoms with Crippen molar-refractivity contribution in [1.29, 1.82) is 0 Å². The van der Waals surface area contributed by atoms with Crippen LogP contribution in [0.15, 0.2) is 35.7 Å². The maximum atomic E-state index is 13.2. The van der Waals surface area contributed by atoms with E-state index in [0.29, 0.717) is 18.5 Å². The van der Waals surface area contributed by atoms with Crippen LogP contribution in [0.25, 0.3) is 0 Å². The molecule has 19 heavy (non-hydrogen) atoms. The van der Waals surface area contributed by atoms with E-state index in [0.717, 1.165) is 12.5 Å². The van der Waals surface area contributed by atoms with E-state index in [-0.39, 0.29) is 11.4 Å². The molecule has 0 radical (unpaired) electrons. The summed E-state index contributed by atoms with van der Waals surface area (Å²) in [5, 5.41) is 0. The summed E-state index contributed by atoms with van der Waals surface area (Å²) in [5.41, 5.74) is 5.91. The third-order valence-corrected chi connectivity index (χ3v) is 4.76. The number of rotatable bonds is 7.